The quantitative estimate of drug-likeness (QED) is 0.862. The molecule has 0 saturated heterocycles. The van der Waals surface area contributed by atoms with Crippen LogP contribution in [0.15, 0.2) is 16.7 Å². The van der Waals surface area contributed by atoms with Crippen LogP contribution in [0.25, 0.3) is 0 Å². The van der Waals surface area contributed by atoms with E-state index in [9.17, 15) is 9.59 Å². The Balaban J connectivity index is 2.18. The Morgan fingerprint density at radius 2 is 2.11 bits per heavy atom. The molecule has 0 aliphatic heterocycles. The van der Waals surface area contributed by atoms with Gasteiger partial charge in [-0.3, -0.25) is 4.79 Å². The van der Waals surface area contributed by atoms with Gasteiger partial charge in [0.15, 0.2) is 0 Å². The number of amides is 1. The molecule has 1 amide bonds. The Bertz CT molecular complexity index is 518. The number of hydrogen-bond acceptors (Lipinski definition) is 3. The van der Waals surface area contributed by atoms with Gasteiger partial charge in [0, 0.05) is 16.7 Å². The van der Waals surface area contributed by atoms with Crippen LogP contribution in [-0.4, -0.2) is 29.1 Å². The van der Waals surface area contributed by atoms with Crippen molar-refractivity contribution in [3.63, 3.8) is 0 Å². The lowest BCUT2D eigenvalue weighted by molar-refractivity contribution is -0.146. The molecule has 1 saturated carbocycles. The molecule has 1 heterocycles. The summed E-state index contributed by atoms with van der Waals surface area (Å²) in [5, 5.41) is 2.70. The molecule has 6 heteroatoms. The van der Waals surface area contributed by atoms with Gasteiger partial charge >= 0.3 is 5.97 Å². The van der Waals surface area contributed by atoms with Crippen molar-refractivity contribution in [2.45, 2.75) is 38.3 Å². The number of aromatic nitrogens is 1. The highest BCUT2D eigenvalue weighted by atomic mass is 79.9. The lowest BCUT2D eigenvalue weighted by atomic mass is 10.1. The molecule has 1 aliphatic rings. The maximum Gasteiger partial charge on any atom is 0.330 e. The Kier molecular flexibility index (Phi) is 3.71. The zero-order valence-electron chi connectivity index (χ0n) is 11.2. The first-order valence-corrected chi connectivity index (χ1v) is 6.93. The van der Waals surface area contributed by atoms with Crippen molar-refractivity contribution >= 4 is 27.8 Å². The number of esters is 1. The van der Waals surface area contributed by atoms with Crippen LogP contribution >= 0.6 is 15.9 Å². The third-order valence-corrected chi connectivity index (χ3v) is 3.54. The van der Waals surface area contributed by atoms with E-state index in [1.54, 1.807) is 19.9 Å². The monoisotopic (exact) mass is 328 g/mol. The molecule has 0 unspecified atom stereocenters. The largest absolute Gasteiger partial charge is 0.467 e. The molecule has 2 rings (SSSR count). The average molecular weight is 329 g/mol. The molecule has 0 spiro atoms. The lowest BCUT2D eigenvalue weighted by Gasteiger charge is -2.23. The Hall–Kier alpha value is -1.30. The number of nitrogens with one attached hydrogen (secondary N) is 1. The highest BCUT2D eigenvalue weighted by Crippen LogP contribution is 2.37. The second-order valence-corrected chi connectivity index (χ2v) is 6.17. The van der Waals surface area contributed by atoms with Gasteiger partial charge in [-0.25, -0.2) is 4.79 Å². The maximum atomic E-state index is 12.3. The number of rotatable bonds is 4. The normalized spacial score (nSPS) is 15.2. The van der Waals surface area contributed by atoms with Crippen molar-refractivity contribution in [2.75, 3.05) is 7.11 Å². The van der Waals surface area contributed by atoms with E-state index in [0.717, 1.165) is 17.3 Å². The molecule has 19 heavy (non-hydrogen) atoms. The van der Waals surface area contributed by atoms with Gasteiger partial charge in [-0.2, -0.15) is 0 Å². The summed E-state index contributed by atoms with van der Waals surface area (Å²) in [5.41, 5.74) is -0.483. The highest BCUT2D eigenvalue weighted by molar-refractivity contribution is 9.10. The van der Waals surface area contributed by atoms with E-state index in [-0.39, 0.29) is 5.91 Å². The fourth-order valence-electron chi connectivity index (χ4n) is 1.94. The molecular formula is C13H17BrN2O3. The minimum Gasteiger partial charge on any atom is -0.467 e. The van der Waals surface area contributed by atoms with Gasteiger partial charge in [0.25, 0.3) is 5.91 Å². The summed E-state index contributed by atoms with van der Waals surface area (Å²) in [6.07, 6.45) is 4.07. The van der Waals surface area contributed by atoms with E-state index < -0.39 is 11.5 Å². The SMILES string of the molecule is COC(=O)C(C)(C)NC(=O)c1cc(Br)cn1C1CC1. The Morgan fingerprint density at radius 3 is 2.63 bits per heavy atom. The number of nitrogens with zero attached hydrogens (tertiary/aromatic N) is 1. The van der Waals surface area contributed by atoms with Crippen LogP contribution in [0.2, 0.25) is 0 Å². The van der Waals surface area contributed by atoms with E-state index in [2.05, 4.69) is 26.0 Å². The molecular weight excluding hydrogens is 312 g/mol. The molecule has 0 bridgehead atoms. The van der Waals surface area contributed by atoms with Crippen molar-refractivity contribution in [1.82, 2.24) is 9.88 Å². The predicted octanol–water partition coefficient (Wildman–Crippen LogP) is 2.27. The Labute approximate surface area is 120 Å². The molecule has 1 fully saturated rings. The first-order chi connectivity index (χ1) is 8.85. The fourth-order valence-corrected chi connectivity index (χ4v) is 2.37. The van der Waals surface area contributed by atoms with Gasteiger partial charge < -0.3 is 14.6 Å². The zero-order valence-corrected chi connectivity index (χ0v) is 12.8. The van der Waals surface area contributed by atoms with Crippen LogP contribution in [0.1, 0.15) is 43.2 Å². The summed E-state index contributed by atoms with van der Waals surface area (Å²) < 4.78 is 7.49. The molecule has 1 N–H and O–H groups in total. The third kappa shape index (κ3) is 3.00. The number of ether oxygens (including phenoxy) is 1. The van der Waals surface area contributed by atoms with Crippen LogP contribution in [-0.2, 0) is 9.53 Å². The topological polar surface area (TPSA) is 60.3 Å². The van der Waals surface area contributed by atoms with Crippen LogP contribution in [0, 0.1) is 0 Å². The van der Waals surface area contributed by atoms with Crippen LogP contribution in [0.4, 0.5) is 0 Å². The van der Waals surface area contributed by atoms with Crippen LogP contribution in [0.3, 0.4) is 0 Å². The minimum absolute atomic E-state index is 0.270. The van der Waals surface area contributed by atoms with Gasteiger partial charge in [0.05, 0.1) is 7.11 Å². The molecule has 5 nitrogen and oxygen atoms in total. The van der Waals surface area contributed by atoms with Gasteiger partial charge in [0.1, 0.15) is 11.2 Å². The Morgan fingerprint density at radius 1 is 1.47 bits per heavy atom. The second kappa shape index (κ2) is 5.00. The van der Waals surface area contributed by atoms with E-state index in [1.165, 1.54) is 7.11 Å². The highest BCUT2D eigenvalue weighted by Gasteiger charge is 2.33. The zero-order chi connectivity index (χ0) is 14.2. The van der Waals surface area contributed by atoms with Crippen LogP contribution < -0.4 is 5.32 Å². The number of methoxy groups -OCH3 is 1. The number of carbonyl (C=O) groups is 2. The molecule has 1 aromatic heterocycles. The predicted molar refractivity (Wildman–Crippen MR) is 74.0 cm³/mol. The number of hydrogen-bond donors (Lipinski definition) is 1. The fraction of sp³-hybridized carbons (Fsp3) is 0.538. The van der Waals surface area contributed by atoms with Gasteiger partial charge in [-0.1, -0.05) is 0 Å². The molecule has 0 radical (unpaired) electrons. The number of halogens is 1. The molecule has 0 atom stereocenters. The second-order valence-electron chi connectivity index (χ2n) is 5.25. The lowest BCUT2D eigenvalue weighted by Crippen LogP contribution is -2.50. The first-order valence-electron chi connectivity index (χ1n) is 6.13. The van der Waals surface area contributed by atoms with Crippen molar-refractivity contribution in [3.8, 4) is 0 Å². The number of carbonyl (C=O) groups excluding carboxylic acids is 2. The summed E-state index contributed by atoms with van der Waals surface area (Å²) >= 11 is 3.38. The summed E-state index contributed by atoms with van der Waals surface area (Å²) in [6.45, 7) is 3.24. The minimum atomic E-state index is -1.04. The first kappa shape index (κ1) is 14.1. The van der Waals surface area contributed by atoms with E-state index >= 15 is 0 Å². The van der Waals surface area contributed by atoms with E-state index in [0.29, 0.717) is 11.7 Å². The van der Waals surface area contributed by atoms with Crippen molar-refractivity contribution < 1.29 is 14.3 Å². The van der Waals surface area contributed by atoms with Gasteiger partial charge in [0.2, 0.25) is 0 Å². The smallest absolute Gasteiger partial charge is 0.330 e. The van der Waals surface area contributed by atoms with Crippen molar-refractivity contribution in [1.29, 1.82) is 0 Å². The standard InChI is InChI=1S/C13H17BrN2O3/c1-13(2,12(18)19-3)15-11(17)10-6-8(14)7-16(10)9-4-5-9/h6-7,9H,4-5H2,1-3H3,(H,15,17). The summed E-state index contributed by atoms with van der Waals surface area (Å²) in [5.74, 6) is -0.738. The van der Waals surface area contributed by atoms with Gasteiger partial charge in [-0.05, 0) is 48.7 Å². The molecule has 1 aromatic rings. The summed E-state index contributed by atoms with van der Waals surface area (Å²) in [6, 6.07) is 2.16. The molecule has 0 aromatic carbocycles. The average Bonchev–Trinajstić information content (AvgIpc) is 3.10. The summed E-state index contributed by atoms with van der Waals surface area (Å²) in [4.78, 5) is 23.9. The molecule has 104 valence electrons. The third-order valence-electron chi connectivity index (χ3n) is 3.11. The molecule has 1 aliphatic carbocycles. The maximum absolute atomic E-state index is 12.3. The van der Waals surface area contributed by atoms with Crippen molar-refractivity contribution in [2.24, 2.45) is 0 Å². The van der Waals surface area contributed by atoms with Crippen LogP contribution in [0.5, 0.6) is 0 Å². The van der Waals surface area contributed by atoms with Crippen molar-refractivity contribution in [3.05, 3.63) is 22.4 Å². The van der Waals surface area contributed by atoms with Gasteiger partial charge in [-0.15, -0.1) is 0 Å². The summed E-state index contributed by atoms with van der Waals surface area (Å²) in [7, 11) is 1.31. The van der Waals surface area contributed by atoms with E-state index in [4.69, 9.17) is 0 Å². The van der Waals surface area contributed by atoms with E-state index in [1.807, 2.05) is 10.8 Å².